The highest BCUT2D eigenvalue weighted by atomic mass is 16.1. The van der Waals surface area contributed by atoms with Gasteiger partial charge in [0.2, 0.25) is 5.91 Å². The lowest BCUT2D eigenvalue weighted by Crippen LogP contribution is -2.15. The van der Waals surface area contributed by atoms with Crippen molar-refractivity contribution in [2.45, 2.75) is 65.7 Å². The second-order valence-electron chi connectivity index (χ2n) is 6.42. The van der Waals surface area contributed by atoms with Gasteiger partial charge < -0.3 is 5.32 Å². The zero-order valence-electron chi connectivity index (χ0n) is 13.9. The number of amides is 1. The third-order valence-corrected chi connectivity index (χ3v) is 3.64. The Morgan fingerprint density at radius 3 is 1.86 bits per heavy atom. The Morgan fingerprint density at radius 2 is 1.52 bits per heavy atom. The summed E-state index contributed by atoms with van der Waals surface area (Å²) in [4.78, 5) is 11.8. The minimum atomic E-state index is -0.237. The van der Waals surface area contributed by atoms with Crippen LogP contribution in [0.25, 0.3) is 0 Å². The van der Waals surface area contributed by atoms with Gasteiger partial charge in [-0.05, 0) is 34.4 Å². The summed E-state index contributed by atoms with van der Waals surface area (Å²) in [5.74, 6) is 0.847. The fraction of sp³-hybridized carbons (Fsp3) is 0.556. The first-order chi connectivity index (χ1) is 9.77. The van der Waals surface area contributed by atoms with Crippen LogP contribution in [-0.4, -0.2) is 5.91 Å². The Bertz CT molecular complexity index is 522. The van der Waals surface area contributed by atoms with Crippen LogP contribution in [0.4, 0.5) is 5.69 Å². The van der Waals surface area contributed by atoms with Crippen molar-refractivity contribution in [3.63, 3.8) is 0 Å². The first kappa shape index (κ1) is 17.2. The molecule has 1 aromatic carbocycles. The normalized spacial score (nSPS) is 11.0. The Labute approximate surface area is 128 Å². The van der Waals surface area contributed by atoms with E-state index in [-0.39, 0.29) is 12.3 Å². The van der Waals surface area contributed by atoms with Crippen LogP contribution in [0.2, 0.25) is 0 Å². The number of rotatable bonds is 5. The summed E-state index contributed by atoms with van der Waals surface area (Å²) in [6.45, 7) is 12.9. The molecule has 1 amide bonds. The molecule has 0 saturated carbocycles. The summed E-state index contributed by atoms with van der Waals surface area (Å²) < 4.78 is 0. The highest BCUT2D eigenvalue weighted by Crippen LogP contribution is 2.35. The Balaban J connectivity index is 3.43. The lowest BCUT2D eigenvalue weighted by atomic mass is 9.87. The van der Waals surface area contributed by atoms with Gasteiger partial charge in [0.25, 0.3) is 0 Å². The third kappa shape index (κ3) is 4.32. The van der Waals surface area contributed by atoms with E-state index >= 15 is 0 Å². The number of hydrogen-bond acceptors (Lipinski definition) is 2. The van der Waals surface area contributed by atoms with E-state index in [0.29, 0.717) is 17.8 Å². The first-order valence-electron chi connectivity index (χ1n) is 7.62. The molecule has 0 radical (unpaired) electrons. The monoisotopic (exact) mass is 286 g/mol. The topological polar surface area (TPSA) is 52.9 Å². The molecule has 0 aliphatic carbocycles. The van der Waals surface area contributed by atoms with Crippen molar-refractivity contribution in [1.82, 2.24) is 0 Å². The maximum atomic E-state index is 11.8. The summed E-state index contributed by atoms with van der Waals surface area (Å²) in [6.07, 6.45) is -0.110. The van der Waals surface area contributed by atoms with E-state index < -0.39 is 0 Å². The van der Waals surface area contributed by atoms with E-state index in [4.69, 9.17) is 5.26 Å². The van der Waals surface area contributed by atoms with Crippen LogP contribution in [0.1, 0.15) is 82.4 Å². The van der Waals surface area contributed by atoms with Crippen LogP contribution in [0.15, 0.2) is 12.1 Å². The highest BCUT2D eigenvalue weighted by molar-refractivity contribution is 5.94. The SMILES string of the molecule is CC(C)c1cc(C(C)C)c(NC(=O)CC#N)c(C(C)C)c1. The number of carbonyl (C=O) groups excluding carboxylic acids is 1. The summed E-state index contributed by atoms with van der Waals surface area (Å²) >= 11 is 0. The second kappa shape index (κ2) is 7.26. The van der Waals surface area contributed by atoms with E-state index in [9.17, 15) is 4.79 Å². The van der Waals surface area contributed by atoms with Crippen molar-refractivity contribution in [2.75, 3.05) is 5.32 Å². The van der Waals surface area contributed by atoms with E-state index in [2.05, 4.69) is 59.0 Å². The molecule has 0 spiro atoms. The van der Waals surface area contributed by atoms with Crippen LogP contribution < -0.4 is 5.32 Å². The first-order valence-corrected chi connectivity index (χ1v) is 7.62. The van der Waals surface area contributed by atoms with E-state index in [1.807, 2.05) is 6.07 Å². The number of hydrogen-bond donors (Lipinski definition) is 1. The van der Waals surface area contributed by atoms with Crippen LogP contribution in [-0.2, 0) is 4.79 Å². The molecule has 1 rings (SSSR count). The molecule has 0 aliphatic rings. The van der Waals surface area contributed by atoms with Gasteiger partial charge in [-0.1, -0.05) is 53.7 Å². The fourth-order valence-electron chi connectivity index (χ4n) is 2.36. The molecule has 114 valence electrons. The molecule has 0 saturated heterocycles. The Kier molecular flexibility index (Phi) is 5.96. The maximum Gasteiger partial charge on any atom is 0.238 e. The van der Waals surface area contributed by atoms with Crippen LogP contribution in [0.3, 0.4) is 0 Å². The van der Waals surface area contributed by atoms with Crippen molar-refractivity contribution in [3.05, 3.63) is 28.8 Å². The van der Waals surface area contributed by atoms with E-state index in [1.165, 1.54) is 5.56 Å². The van der Waals surface area contributed by atoms with Crippen LogP contribution in [0.5, 0.6) is 0 Å². The molecular weight excluding hydrogens is 260 g/mol. The number of nitrogens with zero attached hydrogens (tertiary/aromatic N) is 1. The van der Waals surface area contributed by atoms with Gasteiger partial charge >= 0.3 is 0 Å². The molecule has 0 aliphatic heterocycles. The molecule has 3 heteroatoms. The summed E-state index contributed by atoms with van der Waals surface area (Å²) in [6, 6.07) is 6.27. The lowest BCUT2D eigenvalue weighted by Gasteiger charge is -2.23. The summed E-state index contributed by atoms with van der Waals surface area (Å²) in [5.41, 5.74) is 4.48. The van der Waals surface area contributed by atoms with Gasteiger partial charge in [-0.3, -0.25) is 4.79 Å². The molecule has 0 unspecified atom stereocenters. The lowest BCUT2D eigenvalue weighted by molar-refractivity contribution is -0.115. The quantitative estimate of drug-likeness (QED) is 0.836. The molecule has 21 heavy (non-hydrogen) atoms. The number of nitriles is 1. The molecular formula is C18H26N2O. The zero-order valence-corrected chi connectivity index (χ0v) is 13.9. The van der Waals surface area contributed by atoms with Gasteiger partial charge in [-0.25, -0.2) is 0 Å². The number of anilines is 1. The van der Waals surface area contributed by atoms with Crippen molar-refractivity contribution in [1.29, 1.82) is 5.26 Å². The largest absolute Gasteiger partial charge is 0.325 e. The van der Waals surface area contributed by atoms with Gasteiger partial charge in [-0.2, -0.15) is 5.26 Å². The van der Waals surface area contributed by atoms with Crippen molar-refractivity contribution < 1.29 is 4.79 Å². The Hall–Kier alpha value is -1.82. The molecule has 0 fully saturated rings. The van der Waals surface area contributed by atoms with Gasteiger partial charge in [-0.15, -0.1) is 0 Å². The van der Waals surface area contributed by atoms with Crippen LogP contribution >= 0.6 is 0 Å². The molecule has 0 heterocycles. The van der Waals surface area contributed by atoms with E-state index in [0.717, 1.165) is 16.8 Å². The van der Waals surface area contributed by atoms with Crippen LogP contribution in [0, 0.1) is 11.3 Å². The van der Waals surface area contributed by atoms with Crippen molar-refractivity contribution in [2.24, 2.45) is 0 Å². The highest BCUT2D eigenvalue weighted by Gasteiger charge is 2.18. The predicted octanol–water partition coefficient (Wildman–Crippen LogP) is 4.91. The van der Waals surface area contributed by atoms with Gasteiger partial charge in [0.1, 0.15) is 6.42 Å². The molecule has 1 aromatic rings. The average molecular weight is 286 g/mol. The minimum Gasteiger partial charge on any atom is -0.325 e. The smallest absolute Gasteiger partial charge is 0.238 e. The average Bonchev–Trinajstić information content (AvgIpc) is 2.37. The fourth-order valence-corrected chi connectivity index (χ4v) is 2.36. The molecule has 0 aromatic heterocycles. The standard InChI is InChI=1S/C18H26N2O/c1-11(2)14-9-15(12(3)4)18(16(10-14)13(5)6)20-17(21)7-8-19/h9-13H,7H2,1-6H3,(H,20,21). The Morgan fingerprint density at radius 1 is 1.05 bits per heavy atom. The maximum absolute atomic E-state index is 11.8. The molecule has 0 atom stereocenters. The third-order valence-electron chi connectivity index (χ3n) is 3.64. The van der Waals surface area contributed by atoms with Gasteiger partial charge in [0, 0.05) is 5.69 Å². The second-order valence-corrected chi connectivity index (χ2v) is 6.42. The predicted molar refractivity (Wildman–Crippen MR) is 87.6 cm³/mol. The molecule has 1 N–H and O–H groups in total. The van der Waals surface area contributed by atoms with Gasteiger partial charge in [0.15, 0.2) is 0 Å². The summed E-state index contributed by atoms with van der Waals surface area (Å²) in [7, 11) is 0. The number of benzene rings is 1. The molecule has 3 nitrogen and oxygen atoms in total. The number of nitrogens with one attached hydrogen (secondary N) is 1. The molecule has 0 bridgehead atoms. The minimum absolute atomic E-state index is 0.110. The number of carbonyl (C=O) groups is 1. The zero-order chi connectivity index (χ0) is 16.2. The van der Waals surface area contributed by atoms with Gasteiger partial charge in [0.05, 0.1) is 6.07 Å². The van der Waals surface area contributed by atoms with E-state index in [1.54, 1.807) is 0 Å². The van der Waals surface area contributed by atoms with Crippen molar-refractivity contribution in [3.8, 4) is 6.07 Å². The van der Waals surface area contributed by atoms with Crippen molar-refractivity contribution >= 4 is 11.6 Å². The summed E-state index contributed by atoms with van der Waals surface area (Å²) in [5, 5.41) is 11.6.